The van der Waals surface area contributed by atoms with E-state index in [2.05, 4.69) is 32.4 Å². The Hall–Kier alpha value is -2.81. The number of hydrogen-bond donors (Lipinski definition) is 2. The first kappa shape index (κ1) is 18.5. The van der Waals surface area contributed by atoms with Crippen molar-refractivity contribution in [3.05, 3.63) is 40.1 Å². The minimum absolute atomic E-state index is 0.0289. The number of aromatic nitrogens is 4. The van der Waals surface area contributed by atoms with E-state index >= 15 is 0 Å². The van der Waals surface area contributed by atoms with Gasteiger partial charge in [-0.05, 0) is 50.9 Å². The van der Waals surface area contributed by atoms with Gasteiger partial charge in [0.2, 0.25) is 0 Å². The Labute approximate surface area is 160 Å². The lowest BCUT2D eigenvalue weighted by Crippen LogP contribution is -2.39. The Morgan fingerprint density at radius 3 is 3.07 bits per heavy atom. The second kappa shape index (κ2) is 7.67. The molecule has 1 aliphatic heterocycles. The fraction of sp³-hybridized carbons (Fsp3) is 0.474. The summed E-state index contributed by atoms with van der Waals surface area (Å²) in [6, 6.07) is 4.55. The molecule has 0 bridgehead atoms. The first-order valence-electron chi connectivity index (χ1n) is 9.64. The fourth-order valence-electron chi connectivity index (χ4n) is 3.84. The molecule has 0 aliphatic carbocycles. The topological polar surface area (TPSA) is 95.4 Å². The van der Waals surface area contributed by atoms with Crippen molar-refractivity contribution in [1.82, 2.24) is 30.0 Å². The SMILES string of the molecule is C[C@@H]1CCCCN1CCCNC(=O)c1nnn2c1c(=O)[nH]c1cc(F)ccc12. The first-order valence-corrected chi connectivity index (χ1v) is 9.64. The zero-order valence-corrected chi connectivity index (χ0v) is 15.7. The predicted octanol–water partition coefficient (Wildman–Crippen LogP) is 1.70. The van der Waals surface area contributed by atoms with E-state index in [0.717, 1.165) is 19.5 Å². The number of nitrogens with one attached hydrogen (secondary N) is 2. The lowest BCUT2D eigenvalue weighted by molar-refractivity contribution is 0.0945. The summed E-state index contributed by atoms with van der Waals surface area (Å²) in [5.41, 5.74) is 0.266. The first-order chi connectivity index (χ1) is 13.5. The number of nitrogens with zero attached hydrogens (tertiary/aromatic N) is 4. The zero-order chi connectivity index (χ0) is 19.7. The van der Waals surface area contributed by atoms with Crippen LogP contribution < -0.4 is 10.9 Å². The number of aromatic amines is 1. The van der Waals surface area contributed by atoms with E-state index in [1.807, 2.05) is 0 Å². The van der Waals surface area contributed by atoms with Gasteiger partial charge in [-0.1, -0.05) is 11.6 Å². The number of amides is 1. The van der Waals surface area contributed by atoms with Crippen LogP contribution in [0.5, 0.6) is 0 Å². The molecule has 2 N–H and O–H groups in total. The van der Waals surface area contributed by atoms with Crippen molar-refractivity contribution in [2.24, 2.45) is 0 Å². The van der Waals surface area contributed by atoms with Gasteiger partial charge in [0.15, 0.2) is 11.2 Å². The fourth-order valence-corrected chi connectivity index (χ4v) is 3.84. The van der Waals surface area contributed by atoms with Crippen LogP contribution >= 0.6 is 0 Å². The molecule has 1 aromatic carbocycles. The molecule has 1 aliphatic rings. The lowest BCUT2D eigenvalue weighted by atomic mass is 10.0. The molecular formula is C19H23FN6O2. The second-order valence-electron chi connectivity index (χ2n) is 7.30. The number of piperidine rings is 1. The van der Waals surface area contributed by atoms with Crippen molar-refractivity contribution >= 4 is 22.5 Å². The number of hydrogen-bond acceptors (Lipinski definition) is 5. The van der Waals surface area contributed by atoms with Gasteiger partial charge in [-0.25, -0.2) is 8.91 Å². The van der Waals surface area contributed by atoms with E-state index in [1.165, 1.54) is 42.0 Å². The number of carbonyl (C=O) groups is 1. The summed E-state index contributed by atoms with van der Waals surface area (Å²) in [5, 5.41) is 10.6. The molecule has 28 heavy (non-hydrogen) atoms. The van der Waals surface area contributed by atoms with Crippen LogP contribution in [0.2, 0.25) is 0 Å². The van der Waals surface area contributed by atoms with Gasteiger partial charge in [0.25, 0.3) is 11.5 Å². The maximum atomic E-state index is 13.4. The third kappa shape index (κ3) is 3.49. The normalized spacial score (nSPS) is 18.0. The molecule has 8 nitrogen and oxygen atoms in total. The van der Waals surface area contributed by atoms with E-state index in [0.29, 0.717) is 23.6 Å². The Morgan fingerprint density at radius 1 is 1.39 bits per heavy atom. The van der Waals surface area contributed by atoms with E-state index in [4.69, 9.17) is 0 Å². The van der Waals surface area contributed by atoms with Crippen LogP contribution in [0.3, 0.4) is 0 Å². The Kier molecular flexibility index (Phi) is 5.08. The van der Waals surface area contributed by atoms with Crippen LogP contribution in [0.15, 0.2) is 23.0 Å². The van der Waals surface area contributed by atoms with E-state index in [1.54, 1.807) is 0 Å². The standard InChI is InChI=1S/C19H23FN6O2/c1-12-5-2-3-9-25(12)10-4-8-21-18(27)16-17-19(28)22-14-11-13(20)6-7-15(14)26(17)24-23-16/h6-7,11-12H,2-5,8-10H2,1H3,(H,21,27)(H,22,28)/t12-/m1/s1. The highest BCUT2D eigenvalue weighted by atomic mass is 19.1. The third-order valence-corrected chi connectivity index (χ3v) is 5.38. The molecule has 0 spiro atoms. The molecule has 1 atom stereocenters. The maximum Gasteiger partial charge on any atom is 0.277 e. The monoisotopic (exact) mass is 386 g/mol. The number of benzene rings is 1. The Bertz CT molecular complexity index is 1080. The summed E-state index contributed by atoms with van der Waals surface area (Å²) in [6.45, 7) is 4.77. The van der Waals surface area contributed by atoms with Gasteiger partial charge in [0.1, 0.15) is 5.82 Å². The molecule has 0 unspecified atom stereocenters. The molecule has 0 saturated carbocycles. The molecule has 148 valence electrons. The molecule has 2 aromatic heterocycles. The molecule has 3 heterocycles. The maximum absolute atomic E-state index is 13.4. The van der Waals surface area contributed by atoms with Crippen LogP contribution in [0.1, 0.15) is 43.1 Å². The van der Waals surface area contributed by atoms with Crippen molar-refractivity contribution < 1.29 is 9.18 Å². The van der Waals surface area contributed by atoms with E-state index in [-0.39, 0.29) is 11.2 Å². The van der Waals surface area contributed by atoms with E-state index in [9.17, 15) is 14.0 Å². The van der Waals surface area contributed by atoms with Crippen LogP contribution in [-0.2, 0) is 0 Å². The highest BCUT2D eigenvalue weighted by Crippen LogP contribution is 2.16. The molecule has 1 amide bonds. The average molecular weight is 386 g/mol. The number of fused-ring (bicyclic) bond motifs is 3. The largest absolute Gasteiger partial charge is 0.351 e. The predicted molar refractivity (Wildman–Crippen MR) is 103 cm³/mol. The molecule has 9 heteroatoms. The quantitative estimate of drug-likeness (QED) is 0.651. The molecule has 4 rings (SSSR count). The van der Waals surface area contributed by atoms with Crippen LogP contribution in [-0.4, -0.2) is 56.3 Å². The summed E-state index contributed by atoms with van der Waals surface area (Å²) < 4.78 is 14.7. The third-order valence-electron chi connectivity index (χ3n) is 5.38. The Balaban J connectivity index is 1.47. The van der Waals surface area contributed by atoms with Crippen molar-refractivity contribution in [2.75, 3.05) is 19.6 Å². The van der Waals surface area contributed by atoms with Crippen LogP contribution in [0.4, 0.5) is 4.39 Å². The van der Waals surface area contributed by atoms with Gasteiger partial charge >= 0.3 is 0 Å². The highest BCUT2D eigenvalue weighted by Gasteiger charge is 2.20. The minimum Gasteiger partial charge on any atom is -0.351 e. The van der Waals surface area contributed by atoms with Crippen molar-refractivity contribution in [3.8, 4) is 0 Å². The van der Waals surface area contributed by atoms with Gasteiger partial charge in [0.05, 0.1) is 11.0 Å². The van der Waals surface area contributed by atoms with Gasteiger partial charge in [-0.15, -0.1) is 5.10 Å². The zero-order valence-electron chi connectivity index (χ0n) is 15.7. The van der Waals surface area contributed by atoms with Crippen molar-refractivity contribution in [2.45, 2.75) is 38.6 Å². The number of halogens is 1. The van der Waals surface area contributed by atoms with Crippen LogP contribution in [0, 0.1) is 5.82 Å². The number of likely N-dealkylation sites (tertiary alicyclic amines) is 1. The summed E-state index contributed by atoms with van der Waals surface area (Å²) >= 11 is 0. The summed E-state index contributed by atoms with van der Waals surface area (Å²) in [5.74, 6) is -0.905. The van der Waals surface area contributed by atoms with Crippen LogP contribution in [0.25, 0.3) is 16.6 Å². The lowest BCUT2D eigenvalue weighted by Gasteiger charge is -2.33. The van der Waals surface area contributed by atoms with Gasteiger partial charge in [-0.3, -0.25) is 9.59 Å². The van der Waals surface area contributed by atoms with Gasteiger partial charge in [-0.2, -0.15) is 0 Å². The van der Waals surface area contributed by atoms with Crippen molar-refractivity contribution in [1.29, 1.82) is 0 Å². The minimum atomic E-state index is -0.532. The number of rotatable bonds is 5. The highest BCUT2D eigenvalue weighted by molar-refractivity contribution is 5.99. The van der Waals surface area contributed by atoms with E-state index < -0.39 is 17.3 Å². The average Bonchev–Trinajstić information content (AvgIpc) is 3.12. The smallest absolute Gasteiger partial charge is 0.277 e. The summed E-state index contributed by atoms with van der Waals surface area (Å²) in [6.07, 6.45) is 4.56. The Morgan fingerprint density at radius 2 is 2.25 bits per heavy atom. The molecule has 1 saturated heterocycles. The van der Waals surface area contributed by atoms with Crippen molar-refractivity contribution in [3.63, 3.8) is 0 Å². The molecule has 0 radical (unpaired) electrons. The summed E-state index contributed by atoms with van der Waals surface area (Å²) in [4.78, 5) is 30.0. The second-order valence-corrected chi connectivity index (χ2v) is 7.30. The van der Waals surface area contributed by atoms with Gasteiger partial charge in [0, 0.05) is 19.1 Å². The van der Waals surface area contributed by atoms with Gasteiger partial charge < -0.3 is 15.2 Å². The number of carbonyl (C=O) groups excluding carboxylic acids is 1. The molecule has 3 aromatic rings. The molecule has 1 fully saturated rings. The number of H-pyrrole nitrogens is 1. The summed E-state index contributed by atoms with van der Waals surface area (Å²) in [7, 11) is 0. The molecular weight excluding hydrogens is 363 g/mol.